The number of aryl methyl sites for hydroxylation is 1. The number of aromatic nitrogens is 2. The van der Waals surface area contributed by atoms with Gasteiger partial charge in [-0.05, 0) is 18.9 Å². The standard InChI is InChI=1S/C17H17N3O5/c1-10-18-14(25-19-10)9-20-8-13(15(21)17(23)24)12(16(20)22)7-11-5-3-2-4-6-11/h2-6,12-13H,7-9H2,1H3,(H,23,24)/t12-,13+/m1/s1. The molecule has 2 heterocycles. The van der Waals surface area contributed by atoms with Gasteiger partial charge in [0.2, 0.25) is 17.6 Å². The van der Waals surface area contributed by atoms with Gasteiger partial charge in [-0.1, -0.05) is 35.5 Å². The third-order valence-electron chi connectivity index (χ3n) is 4.27. The fourth-order valence-corrected chi connectivity index (χ4v) is 3.09. The zero-order valence-corrected chi connectivity index (χ0v) is 13.6. The molecule has 1 amide bonds. The first-order valence-corrected chi connectivity index (χ1v) is 7.84. The van der Waals surface area contributed by atoms with E-state index in [4.69, 9.17) is 9.63 Å². The molecule has 1 N–H and O–H groups in total. The molecule has 0 saturated carbocycles. The highest BCUT2D eigenvalue weighted by molar-refractivity contribution is 6.34. The van der Waals surface area contributed by atoms with E-state index in [1.165, 1.54) is 4.90 Å². The quantitative estimate of drug-likeness (QED) is 0.773. The summed E-state index contributed by atoms with van der Waals surface area (Å²) in [6.07, 6.45) is 0.308. The molecule has 0 unspecified atom stereocenters. The molecule has 0 radical (unpaired) electrons. The number of likely N-dealkylation sites (tertiary alicyclic amines) is 1. The number of benzene rings is 1. The van der Waals surface area contributed by atoms with Gasteiger partial charge in [-0.2, -0.15) is 4.98 Å². The molecule has 3 rings (SSSR count). The van der Waals surface area contributed by atoms with E-state index in [2.05, 4.69) is 10.1 Å². The van der Waals surface area contributed by atoms with E-state index in [1.807, 2.05) is 30.3 Å². The van der Waals surface area contributed by atoms with Crippen molar-refractivity contribution >= 4 is 17.7 Å². The summed E-state index contributed by atoms with van der Waals surface area (Å²) < 4.78 is 5.01. The molecule has 1 aromatic carbocycles. The SMILES string of the molecule is Cc1noc(CN2C[C@H](C(=O)C(=O)O)[C@@H](Cc3ccccc3)C2=O)n1. The summed E-state index contributed by atoms with van der Waals surface area (Å²) in [5.74, 6) is -3.65. The molecule has 0 spiro atoms. The van der Waals surface area contributed by atoms with Crippen LogP contribution in [0.3, 0.4) is 0 Å². The Morgan fingerprint density at radius 3 is 2.64 bits per heavy atom. The van der Waals surface area contributed by atoms with Gasteiger partial charge in [0.1, 0.15) is 6.54 Å². The molecular formula is C17H17N3O5. The van der Waals surface area contributed by atoms with Crippen LogP contribution in [0.4, 0.5) is 0 Å². The summed E-state index contributed by atoms with van der Waals surface area (Å²) in [6, 6.07) is 9.22. The topological polar surface area (TPSA) is 114 Å². The smallest absolute Gasteiger partial charge is 0.372 e. The number of Topliss-reactive ketones (excluding diaryl/α,β-unsaturated/α-hetero) is 1. The molecule has 8 nitrogen and oxygen atoms in total. The maximum absolute atomic E-state index is 12.7. The van der Waals surface area contributed by atoms with Gasteiger partial charge in [0.05, 0.1) is 11.8 Å². The number of carboxylic acid groups (broad SMARTS) is 1. The fourth-order valence-electron chi connectivity index (χ4n) is 3.09. The Bertz CT molecular complexity index is 802. The molecule has 2 aromatic rings. The lowest BCUT2D eigenvalue weighted by Gasteiger charge is -2.14. The van der Waals surface area contributed by atoms with Crippen molar-refractivity contribution in [2.75, 3.05) is 6.54 Å². The summed E-state index contributed by atoms with van der Waals surface area (Å²) >= 11 is 0. The van der Waals surface area contributed by atoms with Crippen LogP contribution in [-0.4, -0.2) is 44.4 Å². The Balaban J connectivity index is 1.82. The van der Waals surface area contributed by atoms with Crippen LogP contribution in [0, 0.1) is 18.8 Å². The zero-order chi connectivity index (χ0) is 18.0. The van der Waals surface area contributed by atoms with Gasteiger partial charge in [-0.15, -0.1) is 0 Å². The average Bonchev–Trinajstić information content (AvgIpc) is 3.13. The molecule has 1 aromatic heterocycles. The summed E-state index contributed by atoms with van der Waals surface area (Å²) in [5.41, 5.74) is 0.875. The van der Waals surface area contributed by atoms with Crippen LogP contribution in [0.15, 0.2) is 34.9 Å². The van der Waals surface area contributed by atoms with Gasteiger partial charge in [-0.3, -0.25) is 9.59 Å². The van der Waals surface area contributed by atoms with Crippen molar-refractivity contribution in [1.29, 1.82) is 0 Å². The Labute approximate surface area is 143 Å². The Hall–Kier alpha value is -3.03. The van der Waals surface area contributed by atoms with Crippen molar-refractivity contribution < 1.29 is 24.0 Å². The van der Waals surface area contributed by atoms with E-state index in [9.17, 15) is 14.4 Å². The predicted octanol–water partition coefficient (Wildman–Crippen LogP) is 0.849. The minimum Gasteiger partial charge on any atom is -0.475 e. The van der Waals surface area contributed by atoms with Crippen LogP contribution in [0.1, 0.15) is 17.3 Å². The molecule has 8 heteroatoms. The molecular weight excluding hydrogens is 326 g/mol. The second kappa shape index (κ2) is 6.84. The van der Waals surface area contributed by atoms with E-state index in [-0.39, 0.29) is 24.9 Å². The van der Waals surface area contributed by atoms with Crippen molar-refractivity contribution in [3.05, 3.63) is 47.6 Å². The van der Waals surface area contributed by atoms with Gasteiger partial charge in [0.15, 0.2) is 5.82 Å². The number of carbonyl (C=O) groups excluding carboxylic acids is 2. The third-order valence-corrected chi connectivity index (χ3v) is 4.27. The highest BCUT2D eigenvalue weighted by atomic mass is 16.5. The minimum atomic E-state index is -1.52. The molecule has 1 fully saturated rings. The highest BCUT2D eigenvalue weighted by Crippen LogP contribution is 2.30. The number of rotatable bonds is 6. The van der Waals surface area contributed by atoms with Crippen molar-refractivity contribution in [1.82, 2.24) is 15.0 Å². The van der Waals surface area contributed by atoms with Gasteiger partial charge >= 0.3 is 5.97 Å². The molecule has 1 aliphatic rings. The monoisotopic (exact) mass is 343 g/mol. The second-order valence-corrected chi connectivity index (χ2v) is 6.03. The molecule has 0 aliphatic carbocycles. The van der Waals surface area contributed by atoms with Crippen LogP contribution < -0.4 is 0 Å². The first-order chi connectivity index (χ1) is 12.0. The van der Waals surface area contributed by atoms with E-state index in [0.717, 1.165) is 5.56 Å². The molecule has 0 bridgehead atoms. The molecule has 1 saturated heterocycles. The summed E-state index contributed by atoms with van der Waals surface area (Å²) in [7, 11) is 0. The van der Waals surface area contributed by atoms with Crippen LogP contribution in [0.5, 0.6) is 0 Å². The summed E-state index contributed by atoms with van der Waals surface area (Å²) in [5, 5.41) is 12.7. The molecule has 2 atom stereocenters. The Morgan fingerprint density at radius 2 is 2.04 bits per heavy atom. The minimum absolute atomic E-state index is 0.0306. The Morgan fingerprint density at radius 1 is 1.32 bits per heavy atom. The van der Waals surface area contributed by atoms with Gasteiger partial charge in [-0.25, -0.2) is 4.79 Å². The van der Waals surface area contributed by atoms with Crippen molar-refractivity contribution in [2.45, 2.75) is 19.9 Å². The van der Waals surface area contributed by atoms with E-state index in [1.54, 1.807) is 6.92 Å². The number of carboxylic acids is 1. The lowest BCUT2D eigenvalue weighted by Crippen LogP contribution is -2.31. The zero-order valence-electron chi connectivity index (χ0n) is 13.6. The highest BCUT2D eigenvalue weighted by Gasteiger charge is 2.46. The van der Waals surface area contributed by atoms with E-state index in [0.29, 0.717) is 12.2 Å². The normalized spacial score (nSPS) is 20.0. The van der Waals surface area contributed by atoms with Crippen LogP contribution in [-0.2, 0) is 27.3 Å². The number of carbonyl (C=O) groups is 3. The van der Waals surface area contributed by atoms with E-state index < -0.39 is 23.6 Å². The molecule has 25 heavy (non-hydrogen) atoms. The van der Waals surface area contributed by atoms with Gasteiger partial charge < -0.3 is 14.5 Å². The van der Waals surface area contributed by atoms with Crippen LogP contribution in [0.25, 0.3) is 0 Å². The summed E-state index contributed by atoms with van der Waals surface area (Å²) in [6.45, 7) is 1.75. The first kappa shape index (κ1) is 16.8. The lowest BCUT2D eigenvalue weighted by molar-refractivity contribution is -0.151. The average molecular weight is 343 g/mol. The van der Waals surface area contributed by atoms with Crippen molar-refractivity contribution in [3.63, 3.8) is 0 Å². The van der Waals surface area contributed by atoms with Crippen LogP contribution in [0.2, 0.25) is 0 Å². The maximum atomic E-state index is 12.7. The number of hydrogen-bond acceptors (Lipinski definition) is 6. The maximum Gasteiger partial charge on any atom is 0.372 e. The number of amides is 1. The lowest BCUT2D eigenvalue weighted by atomic mass is 9.86. The van der Waals surface area contributed by atoms with Crippen molar-refractivity contribution in [2.24, 2.45) is 11.8 Å². The third kappa shape index (κ3) is 3.57. The molecule has 1 aliphatic heterocycles. The number of aliphatic carboxylic acids is 1. The number of nitrogens with zero attached hydrogens (tertiary/aromatic N) is 3. The summed E-state index contributed by atoms with van der Waals surface area (Å²) in [4.78, 5) is 41.4. The van der Waals surface area contributed by atoms with E-state index >= 15 is 0 Å². The van der Waals surface area contributed by atoms with Crippen LogP contribution >= 0.6 is 0 Å². The fraction of sp³-hybridized carbons (Fsp3) is 0.353. The number of ketones is 1. The first-order valence-electron chi connectivity index (χ1n) is 7.84. The van der Waals surface area contributed by atoms with Gasteiger partial charge in [0, 0.05) is 6.54 Å². The Kier molecular flexibility index (Phi) is 4.60. The molecule has 130 valence electrons. The largest absolute Gasteiger partial charge is 0.475 e. The van der Waals surface area contributed by atoms with Crippen molar-refractivity contribution in [3.8, 4) is 0 Å². The predicted molar refractivity (Wildman–Crippen MR) is 84.2 cm³/mol. The number of hydrogen-bond donors (Lipinski definition) is 1. The second-order valence-electron chi connectivity index (χ2n) is 6.03. The van der Waals surface area contributed by atoms with Gasteiger partial charge in [0.25, 0.3) is 0 Å².